The van der Waals surface area contributed by atoms with Gasteiger partial charge in [-0.25, -0.2) is 0 Å². The van der Waals surface area contributed by atoms with Gasteiger partial charge in [0.25, 0.3) is 0 Å². The summed E-state index contributed by atoms with van der Waals surface area (Å²) in [4.78, 5) is 2.62. The highest BCUT2D eigenvalue weighted by molar-refractivity contribution is 5.56. The third-order valence-corrected chi connectivity index (χ3v) is 4.21. The van der Waals surface area contributed by atoms with E-state index in [-0.39, 0.29) is 0 Å². The number of piperidine rings is 1. The van der Waals surface area contributed by atoms with Gasteiger partial charge in [-0.05, 0) is 49.8 Å². The summed E-state index contributed by atoms with van der Waals surface area (Å²) < 4.78 is 0. The van der Waals surface area contributed by atoms with Crippen molar-refractivity contribution in [2.75, 3.05) is 18.0 Å². The number of hydrogen-bond donors (Lipinski definition) is 1. The molecule has 0 spiro atoms. The smallest absolute Gasteiger partial charge is 0.0401 e. The van der Waals surface area contributed by atoms with Crippen LogP contribution in [0.2, 0.25) is 0 Å². The second-order valence-electron chi connectivity index (χ2n) is 5.14. The Labute approximate surface area is 97.4 Å². The van der Waals surface area contributed by atoms with Gasteiger partial charge in [0, 0.05) is 18.3 Å². The van der Waals surface area contributed by atoms with E-state index in [9.17, 15) is 0 Å². The maximum Gasteiger partial charge on any atom is 0.0401 e. The summed E-state index contributed by atoms with van der Waals surface area (Å²) >= 11 is 0. The van der Waals surface area contributed by atoms with Crippen LogP contribution in [0.5, 0.6) is 0 Å². The van der Waals surface area contributed by atoms with Gasteiger partial charge in [-0.1, -0.05) is 18.2 Å². The molecule has 1 fully saturated rings. The molecule has 2 heterocycles. The molecule has 86 valence electrons. The van der Waals surface area contributed by atoms with Gasteiger partial charge in [-0.15, -0.1) is 0 Å². The normalized spacial score (nSPS) is 28.4. The quantitative estimate of drug-likeness (QED) is 0.779. The summed E-state index contributed by atoms with van der Waals surface area (Å²) in [7, 11) is 0. The number of nitrogens with two attached hydrogens (primary N) is 1. The molecule has 1 aromatic carbocycles. The minimum Gasteiger partial charge on any atom is -0.368 e. The Bertz CT molecular complexity index is 375. The maximum atomic E-state index is 5.80. The number of fused-ring (bicyclic) bond motifs is 3. The van der Waals surface area contributed by atoms with E-state index in [0.717, 1.165) is 18.5 Å². The fraction of sp³-hybridized carbons (Fsp3) is 0.571. The molecule has 2 unspecified atom stereocenters. The average molecular weight is 216 g/mol. The summed E-state index contributed by atoms with van der Waals surface area (Å²) in [6, 6.07) is 9.63. The molecular formula is C14H20N2. The van der Waals surface area contributed by atoms with Crippen molar-refractivity contribution in [3.63, 3.8) is 0 Å². The van der Waals surface area contributed by atoms with Gasteiger partial charge >= 0.3 is 0 Å². The molecule has 0 saturated carbocycles. The SMILES string of the molecule is NCC1CCN2c3ccccc3CCC2C1. The highest BCUT2D eigenvalue weighted by atomic mass is 15.2. The Balaban J connectivity index is 1.86. The molecular weight excluding hydrogens is 196 g/mol. The van der Waals surface area contributed by atoms with E-state index >= 15 is 0 Å². The zero-order valence-electron chi connectivity index (χ0n) is 9.73. The lowest BCUT2D eigenvalue weighted by atomic mass is 9.84. The number of hydrogen-bond acceptors (Lipinski definition) is 2. The summed E-state index contributed by atoms with van der Waals surface area (Å²) in [5.41, 5.74) is 8.81. The molecule has 0 radical (unpaired) electrons. The summed E-state index contributed by atoms with van der Waals surface area (Å²) in [6.07, 6.45) is 5.12. The van der Waals surface area contributed by atoms with Gasteiger partial charge in [-0.2, -0.15) is 0 Å². The fourth-order valence-electron chi connectivity index (χ4n) is 3.26. The van der Waals surface area contributed by atoms with Gasteiger partial charge < -0.3 is 10.6 Å². The monoisotopic (exact) mass is 216 g/mol. The summed E-state index contributed by atoms with van der Waals surface area (Å²) in [5, 5.41) is 0. The van der Waals surface area contributed by atoms with Gasteiger partial charge in [0.2, 0.25) is 0 Å². The predicted octanol–water partition coefficient (Wildman–Crippen LogP) is 2.18. The first kappa shape index (κ1) is 10.2. The molecule has 0 amide bonds. The standard InChI is InChI=1S/C14H20N2/c15-10-11-7-8-16-13(9-11)6-5-12-3-1-2-4-14(12)16/h1-4,11,13H,5-10,15H2. The van der Waals surface area contributed by atoms with E-state index in [1.165, 1.54) is 43.5 Å². The minimum atomic E-state index is 0.747. The van der Waals surface area contributed by atoms with Gasteiger partial charge in [0.1, 0.15) is 0 Å². The molecule has 1 saturated heterocycles. The lowest BCUT2D eigenvalue weighted by Gasteiger charge is -2.44. The van der Waals surface area contributed by atoms with Crippen LogP contribution < -0.4 is 10.6 Å². The second-order valence-corrected chi connectivity index (χ2v) is 5.14. The average Bonchev–Trinajstić information content (AvgIpc) is 2.38. The van der Waals surface area contributed by atoms with Crippen LogP contribution in [-0.2, 0) is 6.42 Å². The van der Waals surface area contributed by atoms with Crippen LogP contribution in [-0.4, -0.2) is 19.1 Å². The molecule has 0 aliphatic carbocycles. The molecule has 3 rings (SSSR count). The van der Waals surface area contributed by atoms with Crippen molar-refractivity contribution in [1.82, 2.24) is 0 Å². The Hall–Kier alpha value is -1.02. The molecule has 16 heavy (non-hydrogen) atoms. The highest BCUT2D eigenvalue weighted by Gasteiger charge is 2.31. The van der Waals surface area contributed by atoms with Crippen LogP contribution in [0.25, 0.3) is 0 Å². The number of rotatable bonds is 1. The molecule has 2 aliphatic heterocycles. The molecule has 2 aliphatic rings. The van der Waals surface area contributed by atoms with E-state index in [4.69, 9.17) is 5.73 Å². The van der Waals surface area contributed by atoms with Crippen molar-refractivity contribution in [1.29, 1.82) is 0 Å². The van der Waals surface area contributed by atoms with Crippen molar-refractivity contribution in [2.45, 2.75) is 31.7 Å². The van der Waals surface area contributed by atoms with Crippen molar-refractivity contribution >= 4 is 5.69 Å². The minimum absolute atomic E-state index is 0.747. The van der Waals surface area contributed by atoms with Gasteiger partial charge in [-0.3, -0.25) is 0 Å². The third kappa shape index (κ3) is 1.61. The molecule has 2 atom stereocenters. The molecule has 2 N–H and O–H groups in total. The van der Waals surface area contributed by atoms with Gasteiger partial charge in [0.05, 0.1) is 0 Å². The first-order valence-corrected chi connectivity index (χ1v) is 6.43. The van der Waals surface area contributed by atoms with Crippen LogP contribution in [0.15, 0.2) is 24.3 Å². The summed E-state index contributed by atoms with van der Waals surface area (Å²) in [5.74, 6) is 0.756. The largest absolute Gasteiger partial charge is 0.368 e. The lowest BCUT2D eigenvalue weighted by molar-refractivity contribution is 0.328. The lowest BCUT2D eigenvalue weighted by Crippen LogP contribution is -2.46. The van der Waals surface area contributed by atoms with Crippen molar-refractivity contribution in [3.8, 4) is 0 Å². The molecule has 1 aromatic rings. The second kappa shape index (κ2) is 4.10. The molecule has 2 nitrogen and oxygen atoms in total. The van der Waals surface area contributed by atoms with E-state index in [0.29, 0.717) is 0 Å². The number of para-hydroxylation sites is 1. The van der Waals surface area contributed by atoms with Crippen LogP contribution in [0.1, 0.15) is 24.8 Å². The van der Waals surface area contributed by atoms with E-state index in [2.05, 4.69) is 29.2 Å². The maximum absolute atomic E-state index is 5.80. The van der Waals surface area contributed by atoms with Crippen LogP contribution in [0.4, 0.5) is 5.69 Å². The predicted molar refractivity (Wildman–Crippen MR) is 67.7 cm³/mol. The number of benzene rings is 1. The van der Waals surface area contributed by atoms with Crippen LogP contribution >= 0.6 is 0 Å². The Morgan fingerprint density at radius 3 is 3.00 bits per heavy atom. The van der Waals surface area contributed by atoms with Crippen molar-refractivity contribution in [3.05, 3.63) is 29.8 Å². The Kier molecular flexibility index (Phi) is 2.60. The zero-order valence-corrected chi connectivity index (χ0v) is 9.73. The number of nitrogens with zero attached hydrogens (tertiary/aromatic N) is 1. The topological polar surface area (TPSA) is 29.3 Å². The van der Waals surface area contributed by atoms with Crippen molar-refractivity contribution < 1.29 is 0 Å². The highest BCUT2D eigenvalue weighted by Crippen LogP contribution is 2.36. The first-order chi connectivity index (χ1) is 7.88. The van der Waals surface area contributed by atoms with Gasteiger partial charge in [0.15, 0.2) is 0 Å². The van der Waals surface area contributed by atoms with Crippen LogP contribution in [0, 0.1) is 5.92 Å². The molecule has 0 bridgehead atoms. The third-order valence-electron chi connectivity index (χ3n) is 4.21. The number of anilines is 1. The van der Waals surface area contributed by atoms with E-state index in [1.54, 1.807) is 0 Å². The zero-order chi connectivity index (χ0) is 11.0. The Morgan fingerprint density at radius 2 is 2.12 bits per heavy atom. The molecule has 2 heteroatoms. The van der Waals surface area contributed by atoms with E-state index < -0.39 is 0 Å². The van der Waals surface area contributed by atoms with E-state index in [1.807, 2.05) is 0 Å². The molecule has 0 aromatic heterocycles. The van der Waals surface area contributed by atoms with Crippen LogP contribution in [0.3, 0.4) is 0 Å². The number of aryl methyl sites for hydroxylation is 1. The fourth-order valence-corrected chi connectivity index (χ4v) is 3.26. The first-order valence-electron chi connectivity index (χ1n) is 6.43. The summed E-state index contributed by atoms with van der Waals surface area (Å²) in [6.45, 7) is 2.07. The van der Waals surface area contributed by atoms with Crippen molar-refractivity contribution in [2.24, 2.45) is 11.7 Å². The Morgan fingerprint density at radius 1 is 1.25 bits per heavy atom.